The van der Waals surface area contributed by atoms with E-state index in [0.29, 0.717) is 17.1 Å². The van der Waals surface area contributed by atoms with Crippen LogP contribution in [0.2, 0.25) is 0 Å². The standard InChI is InChI=1S/C23H29N5O4/c1-4-26(5-2)13-7-9-17(3)24-23(29)21-16-20(22-12-8-14-32-22)25-27(21)18-10-6-11-19(15-18)28(30)31/h6,8,10-12,14-17H,4-5,7,9,13H2,1-3H3,(H,24,29). The molecule has 0 radical (unpaired) electrons. The zero-order chi connectivity index (χ0) is 23.1. The average molecular weight is 440 g/mol. The van der Waals surface area contributed by atoms with E-state index in [-0.39, 0.29) is 23.3 Å². The number of rotatable bonds is 11. The lowest BCUT2D eigenvalue weighted by Crippen LogP contribution is -2.34. The van der Waals surface area contributed by atoms with Gasteiger partial charge in [0.25, 0.3) is 11.6 Å². The van der Waals surface area contributed by atoms with Gasteiger partial charge in [-0.1, -0.05) is 19.9 Å². The summed E-state index contributed by atoms with van der Waals surface area (Å²) < 4.78 is 6.84. The molecule has 1 atom stereocenters. The zero-order valence-corrected chi connectivity index (χ0v) is 18.7. The van der Waals surface area contributed by atoms with Gasteiger partial charge in [-0.05, 0) is 57.6 Å². The summed E-state index contributed by atoms with van der Waals surface area (Å²) in [5.41, 5.74) is 1.11. The number of benzene rings is 1. The highest BCUT2D eigenvalue weighted by Gasteiger charge is 2.21. The molecule has 3 aromatic rings. The van der Waals surface area contributed by atoms with Crippen molar-refractivity contribution in [3.8, 4) is 17.1 Å². The smallest absolute Gasteiger partial charge is 0.271 e. The molecule has 2 heterocycles. The predicted molar refractivity (Wildman–Crippen MR) is 122 cm³/mol. The normalized spacial score (nSPS) is 12.1. The van der Waals surface area contributed by atoms with E-state index >= 15 is 0 Å². The number of carbonyl (C=O) groups excluding carboxylic acids is 1. The van der Waals surface area contributed by atoms with Gasteiger partial charge in [0.2, 0.25) is 0 Å². The molecule has 9 heteroatoms. The topological polar surface area (TPSA) is 106 Å². The summed E-state index contributed by atoms with van der Waals surface area (Å²) in [5.74, 6) is 0.215. The number of amides is 1. The van der Waals surface area contributed by atoms with E-state index in [4.69, 9.17) is 4.42 Å². The largest absolute Gasteiger partial charge is 0.463 e. The Kier molecular flexibility index (Phi) is 7.77. The maximum Gasteiger partial charge on any atom is 0.271 e. The third-order valence-electron chi connectivity index (χ3n) is 5.38. The Morgan fingerprint density at radius 3 is 2.69 bits per heavy atom. The molecule has 32 heavy (non-hydrogen) atoms. The van der Waals surface area contributed by atoms with E-state index in [0.717, 1.165) is 32.5 Å². The first kappa shape index (κ1) is 23.2. The second-order valence-electron chi connectivity index (χ2n) is 7.62. The first-order valence-electron chi connectivity index (χ1n) is 10.8. The fourth-order valence-corrected chi connectivity index (χ4v) is 3.55. The van der Waals surface area contributed by atoms with Gasteiger partial charge in [-0.3, -0.25) is 14.9 Å². The Morgan fingerprint density at radius 1 is 1.25 bits per heavy atom. The zero-order valence-electron chi connectivity index (χ0n) is 18.7. The minimum absolute atomic E-state index is 0.0291. The van der Waals surface area contributed by atoms with Crippen molar-refractivity contribution in [3.05, 3.63) is 64.5 Å². The fraction of sp³-hybridized carbons (Fsp3) is 0.391. The molecule has 0 aliphatic carbocycles. The van der Waals surface area contributed by atoms with Crippen LogP contribution in [-0.4, -0.2) is 51.2 Å². The first-order chi connectivity index (χ1) is 15.4. The van der Waals surface area contributed by atoms with E-state index in [1.165, 1.54) is 23.1 Å². The van der Waals surface area contributed by atoms with E-state index in [1.54, 1.807) is 30.3 Å². The minimum atomic E-state index is -0.474. The molecular weight excluding hydrogens is 410 g/mol. The van der Waals surface area contributed by atoms with E-state index in [9.17, 15) is 14.9 Å². The highest BCUT2D eigenvalue weighted by atomic mass is 16.6. The van der Waals surface area contributed by atoms with Gasteiger partial charge in [0.1, 0.15) is 11.4 Å². The van der Waals surface area contributed by atoms with E-state index in [2.05, 4.69) is 29.2 Å². The predicted octanol–water partition coefficient (Wildman–Crippen LogP) is 4.28. The molecule has 3 rings (SSSR count). The Hall–Kier alpha value is -3.46. The second-order valence-corrected chi connectivity index (χ2v) is 7.62. The molecular formula is C23H29N5O4. The van der Waals surface area contributed by atoms with Crippen LogP contribution in [0.15, 0.2) is 53.1 Å². The Morgan fingerprint density at radius 2 is 2.03 bits per heavy atom. The highest BCUT2D eigenvalue weighted by Crippen LogP contribution is 2.24. The van der Waals surface area contributed by atoms with Crippen LogP contribution in [0, 0.1) is 10.1 Å². The highest BCUT2D eigenvalue weighted by molar-refractivity contribution is 5.94. The summed E-state index contributed by atoms with van der Waals surface area (Å²) in [4.78, 5) is 26.2. The lowest BCUT2D eigenvalue weighted by atomic mass is 10.1. The summed E-state index contributed by atoms with van der Waals surface area (Å²) in [5, 5.41) is 18.7. The van der Waals surface area contributed by atoms with Crippen LogP contribution < -0.4 is 5.32 Å². The lowest BCUT2D eigenvalue weighted by molar-refractivity contribution is -0.384. The van der Waals surface area contributed by atoms with Gasteiger partial charge in [0.05, 0.1) is 16.9 Å². The van der Waals surface area contributed by atoms with Crippen molar-refractivity contribution in [2.75, 3.05) is 19.6 Å². The third-order valence-corrected chi connectivity index (χ3v) is 5.38. The minimum Gasteiger partial charge on any atom is -0.463 e. The van der Waals surface area contributed by atoms with Crippen LogP contribution >= 0.6 is 0 Å². The van der Waals surface area contributed by atoms with Gasteiger partial charge in [0, 0.05) is 24.2 Å². The quantitative estimate of drug-likeness (QED) is 0.353. The Balaban J connectivity index is 1.82. The van der Waals surface area contributed by atoms with Crippen LogP contribution in [0.3, 0.4) is 0 Å². The van der Waals surface area contributed by atoms with Crippen LogP contribution in [0.25, 0.3) is 17.1 Å². The van der Waals surface area contributed by atoms with Gasteiger partial charge in [-0.15, -0.1) is 0 Å². The van der Waals surface area contributed by atoms with Crippen molar-refractivity contribution in [2.24, 2.45) is 0 Å². The molecule has 1 aromatic carbocycles. The molecule has 0 bridgehead atoms. The number of furan rings is 1. The van der Waals surface area contributed by atoms with E-state index in [1.807, 2.05) is 6.92 Å². The Labute approximate surface area is 187 Å². The number of hydrogen-bond donors (Lipinski definition) is 1. The number of nitro groups is 1. The third kappa shape index (κ3) is 5.61. The van der Waals surface area contributed by atoms with Crippen molar-refractivity contribution in [2.45, 2.75) is 39.7 Å². The van der Waals surface area contributed by atoms with Crippen LogP contribution in [0.1, 0.15) is 44.1 Å². The summed E-state index contributed by atoms with van der Waals surface area (Å²) in [6.07, 6.45) is 3.35. The molecule has 0 spiro atoms. The molecule has 0 saturated heterocycles. The SMILES string of the molecule is CCN(CC)CCCC(C)NC(=O)c1cc(-c2ccco2)nn1-c1cccc([N+](=O)[O-])c1. The molecule has 2 aromatic heterocycles. The molecule has 1 unspecified atom stereocenters. The molecule has 0 saturated carbocycles. The molecule has 170 valence electrons. The summed E-state index contributed by atoms with van der Waals surface area (Å²) in [7, 11) is 0. The molecule has 0 aliphatic rings. The maximum absolute atomic E-state index is 13.1. The van der Waals surface area contributed by atoms with Crippen molar-refractivity contribution in [1.29, 1.82) is 0 Å². The van der Waals surface area contributed by atoms with Crippen molar-refractivity contribution < 1.29 is 14.1 Å². The van der Waals surface area contributed by atoms with Crippen molar-refractivity contribution >= 4 is 11.6 Å². The maximum atomic E-state index is 13.1. The lowest BCUT2D eigenvalue weighted by Gasteiger charge is -2.20. The summed E-state index contributed by atoms with van der Waals surface area (Å²) in [6, 6.07) is 11.1. The summed E-state index contributed by atoms with van der Waals surface area (Å²) >= 11 is 0. The van der Waals surface area contributed by atoms with Gasteiger partial charge in [-0.25, -0.2) is 4.68 Å². The van der Waals surface area contributed by atoms with Crippen molar-refractivity contribution in [1.82, 2.24) is 20.0 Å². The molecule has 9 nitrogen and oxygen atoms in total. The molecule has 1 N–H and O–H groups in total. The second kappa shape index (κ2) is 10.7. The van der Waals surface area contributed by atoms with Gasteiger partial charge < -0.3 is 14.6 Å². The Bertz CT molecular complexity index is 1040. The van der Waals surface area contributed by atoms with Crippen molar-refractivity contribution in [3.63, 3.8) is 0 Å². The average Bonchev–Trinajstić information content (AvgIpc) is 3.47. The van der Waals surface area contributed by atoms with Gasteiger partial charge in [-0.2, -0.15) is 5.10 Å². The molecule has 1 amide bonds. The van der Waals surface area contributed by atoms with Crippen LogP contribution in [-0.2, 0) is 0 Å². The fourth-order valence-electron chi connectivity index (χ4n) is 3.55. The van der Waals surface area contributed by atoms with Gasteiger partial charge >= 0.3 is 0 Å². The first-order valence-corrected chi connectivity index (χ1v) is 10.8. The number of nitrogens with one attached hydrogen (secondary N) is 1. The number of nitro benzene ring substituents is 1. The number of carbonyl (C=O) groups is 1. The number of hydrogen-bond acceptors (Lipinski definition) is 6. The number of aromatic nitrogens is 2. The monoisotopic (exact) mass is 439 g/mol. The molecule has 0 aliphatic heterocycles. The summed E-state index contributed by atoms with van der Waals surface area (Å²) in [6.45, 7) is 9.26. The number of non-ortho nitro benzene ring substituents is 1. The number of nitrogens with zero attached hydrogens (tertiary/aromatic N) is 4. The van der Waals surface area contributed by atoms with E-state index < -0.39 is 4.92 Å². The van der Waals surface area contributed by atoms with Crippen LogP contribution in [0.5, 0.6) is 0 Å². The van der Waals surface area contributed by atoms with Crippen LogP contribution in [0.4, 0.5) is 5.69 Å². The molecule has 0 fully saturated rings. The van der Waals surface area contributed by atoms with Gasteiger partial charge in [0.15, 0.2) is 5.76 Å².